The van der Waals surface area contributed by atoms with E-state index in [1.54, 1.807) is 0 Å². The van der Waals surface area contributed by atoms with Gasteiger partial charge in [-0.2, -0.15) is 0 Å². The molecule has 0 radical (unpaired) electrons. The lowest BCUT2D eigenvalue weighted by molar-refractivity contribution is 0.275. The minimum absolute atomic E-state index is 4.00. The van der Waals surface area contributed by atoms with E-state index in [9.17, 15) is 0 Å². The summed E-state index contributed by atoms with van der Waals surface area (Å²) in [5.41, 5.74) is 0. The quantitative estimate of drug-likeness (QED) is 0.145. The normalized spacial score (nSPS) is 9.29. The molecule has 0 atom stereocenters. The van der Waals surface area contributed by atoms with Gasteiger partial charge in [-0.05, 0) is 0 Å². The Morgan fingerprint density at radius 3 is 1.14 bits per heavy atom. The van der Waals surface area contributed by atoms with Crippen LogP contribution >= 0.6 is 7.82 Å². The SMILES string of the molecule is NN.O=P(O)(O)O. The van der Waals surface area contributed by atoms with Crippen LogP contribution in [0.15, 0.2) is 0 Å². The molecular formula is H7N2O4P. The second kappa shape index (κ2) is 4.20. The fourth-order valence-corrected chi connectivity index (χ4v) is 0. The van der Waals surface area contributed by atoms with Gasteiger partial charge in [0.1, 0.15) is 0 Å². The van der Waals surface area contributed by atoms with Crippen LogP contribution in [0.4, 0.5) is 0 Å². The maximum atomic E-state index is 8.88. The highest BCUT2D eigenvalue weighted by atomic mass is 31.2. The van der Waals surface area contributed by atoms with E-state index < -0.39 is 7.82 Å². The second-order valence-electron chi connectivity index (χ2n) is 0.513. The summed E-state index contributed by atoms with van der Waals surface area (Å²) in [5.74, 6) is 8.00. The average Bonchev–Trinajstić information content (AvgIpc) is 1.36. The first kappa shape index (κ1) is 10.1. The van der Waals surface area contributed by atoms with Crippen LogP contribution in [0.3, 0.4) is 0 Å². The fourth-order valence-electron chi connectivity index (χ4n) is 0. The number of nitrogens with two attached hydrogens (primary N) is 2. The molecule has 0 aliphatic heterocycles. The predicted molar refractivity (Wildman–Crippen MR) is 22.6 cm³/mol. The molecule has 0 aliphatic carbocycles. The van der Waals surface area contributed by atoms with Gasteiger partial charge >= 0.3 is 7.82 Å². The second-order valence-corrected chi connectivity index (χ2v) is 1.54. The molecule has 0 fully saturated rings. The van der Waals surface area contributed by atoms with Gasteiger partial charge in [0.15, 0.2) is 0 Å². The van der Waals surface area contributed by atoms with Crippen LogP contribution in [0, 0.1) is 0 Å². The van der Waals surface area contributed by atoms with Crippen molar-refractivity contribution in [3.05, 3.63) is 0 Å². The summed E-state index contributed by atoms with van der Waals surface area (Å²) in [7, 11) is -4.64. The molecule has 0 spiro atoms. The molecule has 0 saturated heterocycles. The van der Waals surface area contributed by atoms with Crippen LogP contribution in [0.5, 0.6) is 0 Å². The van der Waals surface area contributed by atoms with E-state index in [2.05, 4.69) is 11.7 Å². The molecule has 0 aliphatic rings. The number of phosphoric acid groups is 1. The minimum atomic E-state index is -4.64. The van der Waals surface area contributed by atoms with Crippen molar-refractivity contribution in [1.82, 2.24) is 0 Å². The molecule has 7 heteroatoms. The van der Waals surface area contributed by atoms with Crippen LogP contribution in [0.1, 0.15) is 0 Å². The maximum Gasteiger partial charge on any atom is 0.466 e. The van der Waals surface area contributed by atoms with Crippen molar-refractivity contribution >= 4 is 7.82 Å². The summed E-state index contributed by atoms with van der Waals surface area (Å²) in [6.45, 7) is 0. The van der Waals surface area contributed by atoms with E-state index in [0.29, 0.717) is 0 Å². The summed E-state index contributed by atoms with van der Waals surface area (Å²) in [5, 5.41) is 0. The molecule has 0 amide bonds. The van der Waals surface area contributed by atoms with Gasteiger partial charge in [-0.15, -0.1) is 0 Å². The van der Waals surface area contributed by atoms with Gasteiger partial charge in [-0.3, -0.25) is 11.7 Å². The highest BCUT2D eigenvalue weighted by Gasteiger charge is 2.00. The smallest absolute Gasteiger partial charge is 0.303 e. The fraction of sp³-hybridized carbons (Fsp3) is 0. The van der Waals surface area contributed by atoms with Gasteiger partial charge < -0.3 is 14.7 Å². The lowest BCUT2D eigenvalue weighted by atomic mass is 13.0. The van der Waals surface area contributed by atoms with Gasteiger partial charge in [0, 0.05) is 0 Å². The number of hydrazine groups is 1. The topological polar surface area (TPSA) is 130 Å². The molecule has 6 nitrogen and oxygen atoms in total. The number of hydrogen-bond acceptors (Lipinski definition) is 3. The van der Waals surface area contributed by atoms with E-state index in [1.165, 1.54) is 0 Å². The zero-order chi connectivity index (χ0) is 6.50. The Morgan fingerprint density at radius 1 is 1.14 bits per heavy atom. The van der Waals surface area contributed by atoms with Crippen LogP contribution in [0.2, 0.25) is 0 Å². The van der Waals surface area contributed by atoms with E-state index in [-0.39, 0.29) is 0 Å². The summed E-state index contributed by atoms with van der Waals surface area (Å²) < 4.78 is 8.88. The Morgan fingerprint density at radius 2 is 1.14 bits per heavy atom. The van der Waals surface area contributed by atoms with Gasteiger partial charge in [0.2, 0.25) is 0 Å². The predicted octanol–water partition coefficient (Wildman–Crippen LogP) is -2.11. The number of hydrogen-bond donors (Lipinski definition) is 5. The minimum Gasteiger partial charge on any atom is -0.303 e. The summed E-state index contributed by atoms with van der Waals surface area (Å²) in [6, 6.07) is 0. The third-order valence-corrected chi connectivity index (χ3v) is 0. The molecule has 7 heavy (non-hydrogen) atoms. The lowest BCUT2D eigenvalue weighted by Crippen LogP contribution is -2.02. The van der Waals surface area contributed by atoms with Gasteiger partial charge in [-0.1, -0.05) is 0 Å². The largest absolute Gasteiger partial charge is 0.466 e. The maximum absolute atomic E-state index is 8.88. The van der Waals surface area contributed by atoms with Crippen molar-refractivity contribution < 1.29 is 19.2 Å². The monoisotopic (exact) mass is 130 g/mol. The van der Waals surface area contributed by atoms with E-state index in [1.807, 2.05) is 0 Å². The first-order valence-electron chi connectivity index (χ1n) is 1.12. The first-order chi connectivity index (χ1) is 3.00. The van der Waals surface area contributed by atoms with Crippen molar-refractivity contribution in [3.63, 3.8) is 0 Å². The Labute approximate surface area is 40.0 Å². The van der Waals surface area contributed by atoms with Crippen LogP contribution in [0.25, 0.3) is 0 Å². The van der Waals surface area contributed by atoms with E-state index in [0.717, 1.165) is 0 Å². The highest BCUT2D eigenvalue weighted by molar-refractivity contribution is 7.45. The zero-order valence-electron chi connectivity index (χ0n) is 3.35. The molecule has 46 valence electrons. The summed E-state index contributed by atoms with van der Waals surface area (Å²) in [6.07, 6.45) is 0. The molecule has 0 aromatic carbocycles. The number of rotatable bonds is 0. The third kappa shape index (κ3) is 109000. The summed E-state index contributed by atoms with van der Waals surface area (Å²) >= 11 is 0. The molecule has 0 aromatic heterocycles. The van der Waals surface area contributed by atoms with Crippen molar-refractivity contribution in [2.45, 2.75) is 0 Å². The Hall–Kier alpha value is 0.0300. The molecule has 0 bridgehead atoms. The standard InChI is InChI=1S/H4N2.H3O4P/c1-2;1-5(2,3)4/h1-2H2;(H3,1,2,3,4). The Kier molecular flexibility index (Phi) is 6.06. The van der Waals surface area contributed by atoms with Crippen molar-refractivity contribution in [2.24, 2.45) is 11.7 Å². The lowest BCUT2D eigenvalue weighted by Gasteiger charge is -1.82. The van der Waals surface area contributed by atoms with Gasteiger partial charge in [0.25, 0.3) is 0 Å². The van der Waals surface area contributed by atoms with Gasteiger partial charge in [0.05, 0.1) is 0 Å². The molecule has 0 aromatic rings. The van der Waals surface area contributed by atoms with E-state index >= 15 is 0 Å². The van der Waals surface area contributed by atoms with Crippen molar-refractivity contribution in [3.8, 4) is 0 Å². The van der Waals surface area contributed by atoms with Crippen molar-refractivity contribution in [1.29, 1.82) is 0 Å². The van der Waals surface area contributed by atoms with Crippen molar-refractivity contribution in [2.75, 3.05) is 0 Å². The van der Waals surface area contributed by atoms with Crippen LogP contribution < -0.4 is 11.7 Å². The van der Waals surface area contributed by atoms with E-state index in [4.69, 9.17) is 19.2 Å². The Balaban J connectivity index is 0. The average molecular weight is 130 g/mol. The zero-order valence-corrected chi connectivity index (χ0v) is 4.25. The Bertz CT molecular complexity index is 55.8. The molecule has 0 rings (SSSR count). The van der Waals surface area contributed by atoms with Crippen LogP contribution in [-0.2, 0) is 4.57 Å². The summed E-state index contributed by atoms with van der Waals surface area (Å²) in [4.78, 5) is 21.6. The molecular weight excluding hydrogens is 123 g/mol. The van der Waals surface area contributed by atoms with Gasteiger partial charge in [-0.25, -0.2) is 4.57 Å². The first-order valence-corrected chi connectivity index (χ1v) is 2.68. The molecule has 0 unspecified atom stereocenters. The molecule has 0 heterocycles. The molecule has 7 N–H and O–H groups in total. The third-order valence-electron chi connectivity index (χ3n) is 0. The van der Waals surface area contributed by atoms with Crippen LogP contribution in [-0.4, -0.2) is 14.7 Å². The highest BCUT2D eigenvalue weighted by Crippen LogP contribution is 2.25. The molecule has 0 saturated carbocycles.